The smallest absolute Gasteiger partial charge is 0.331 e. The number of nitrogens with one attached hydrogen (secondary N) is 1. The maximum Gasteiger partial charge on any atom is 0.331 e. The molecule has 2 unspecified atom stereocenters. The molecule has 0 aromatic heterocycles. The molecule has 3 amide bonds. The van der Waals surface area contributed by atoms with Gasteiger partial charge in [-0.05, 0) is 42.7 Å². The summed E-state index contributed by atoms with van der Waals surface area (Å²) in [6, 6.07) is 2.16. The first-order valence-electron chi connectivity index (χ1n) is 8.92. The van der Waals surface area contributed by atoms with Gasteiger partial charge in [-0.25, -0.2) is 9.59 Å². The average molecular weight is 448 g/mol. The Morgan fingerprint density at radius 3 is 2.39 bits per heavy atom. The van der Waals surface area contributed by atoms with Crippen molar-refractivity contribution >= 4 is 52.7 Å². The first-order valence-corrected chi connectivity index (χ1v) is 10.1. The van der Waals surface area contributed by atoms with Crippen LogP contribution in [0.15, 0.2) is 12.1 Å². The lowest BCUT2D eigenvalue weighted by molar-refractivity contribution is -0.142. The van der Waals surface area contributed by atoms with Crippen LogP contribution >= 0.6 is 34.8 Å². The van der Waals surface area contributed by atoms with Crippen LogP contribution in [0.2, 0.25) is 15.1 Å². The molecule has 1 N–H and O–H groups in total. The fourth-order valence-electron chi connectivity index (χ4n) is 4.55. The van der Waals surface area contributed by atoms with E-state index in [1.807, 2.05) is 0 Å². The first-order chi connectivity index (χ1) is 12.9. The van der Waals surface area contributed by atoms with Crippen molar-refractivity contribution in [3.05, 3.63) is 27.2 Å². The molecule has 6 nitrogen and oxygen atoms in total. The van der Waals surface area contributed by atoms with Gasteiger partial charge in [-0.15, -0.1) is 0 Å². The van der Waals surface area contributed by atoms with E-state index < -0.39 is 30.0 Å². The van der Waals surface area contributed by atoms with E-state index in [9.17, 15) is 14.4 Å². The second-order valence-electron chi connectivity index (χ2n) is 8.43. The number of rotatable bonds is 3. The summed E-state index contributed by atoms with van der Waals surface area (Å²) >= 11 is 17.9. The number of benzene rings is 1. The standard InChI is InChI=1S/C19H21Cl3N2O4/c1-10-6-18(2,3)9-19(7-10)16(26)24(17(27)23-19)8-14(25)28-15-12(21)4-11(20)5-13(15)22/h4-5,10H,6-9H2,1-3H3,(H,23,27). The molecule has 2 fully saturated rings. The number of hydrogen-bond donors (Lipinski definition) is 1. The number of halogens is 3. The lowest BCUT2D eigenvalue weighted by atomic mass is 9.64. The van der Waals surface area contributed by atoms with Crippen LogP contribution in [0.4, 0.5) is 4.79 Å². The van der Waals surface area contributed by atoms with Crippen molar-refractivity contribution in [3.8, 4) is 5.75 Å². The van der Waals surface area contributed by atoms with Gasteiger partial charge in [0.15, 0.2) is 5.75 Å². The zero-order valence-electron chi connectivity index (χ0n) is 15.8. The van der Waals surface area contributed by atoms with Gasteiger partial charge in [0.2, 0.25) is 0 Å². The number of imide groups is 1. The predicted octanol–water partition coefficient (Wildman–Crippen LogP) is 4.69. The zero-order chi connectivity index (χ0) is 20.9. The minimum atomic E-state index is -0.978. The van der Waals surface area contributed by atoms with Crippen LogP contribution in [0.3, 0.4) is 0 Å². The van der Waals surface area contributed by atoms with Crippen molar-refractivity contribution in [3.63, 3.8) is 0 Å². The molecular formula is C19H21Cl3N2O4. The Bertz CT molecular complexity index is 835. The molecule has 1 saturated heterocycles. The van der Waals surface area contributed by atoms with E-state index in [-0.39, 0.29) is 27.1 Å². The van der Waals surface area contributed by atoms with Crippen LogP contribution in [0.25, 0.3) is 0 Å². The maximum absolute atomic E-state index is 13.1. The molecule has 2 aliphatic rings. The molecule has 3 rings (SSSR count). The fraction of sp³-hybridized carbons (Fsp3) is 0.526. The highest BCUT2D eigenvalue weighted by Gasteiger charge is 2.56. The highest BCUT2D eigenvalue weighted by Crippen LogP contribution is 2.46. The van der Waals surface area contributed by atoms with Gasteiger partial charge in [0, 0.05) is 5.02 Å². The molecule has 2 atom stereocenters. The van der Waals surface area contributed by atoms with Crippen molar-refractivity contribution in [2.45, 2.75) is 45.6 Å². The Kier molecular flexibility index (Phi) is 5.60. The van der Waals surface area contributed by atoms with E-state index in [1.165, 1.54) is 12.1 Å². The lowest BCUT2D eigenvalue weighted by Gasteiger charge is -2.43. The van der Waals surface area contributed by atoms with Gasteiger partial charge in [-0.1, -0.05) is 55.6 Å². The van der Waals surface area contributed by atoms with Crippen LogP contribution in [-0.4, -0.2) is 34.9 Å². The average Bonchev–Trinajstić information content (AvgIpc) is 2.72. The van der Waals surface area contributed by atoms with Crippen LogP contribution in [0, 0.1) is 11.3 Å². The number of esters is 1. The van der Waals surface area contributed by atoms with E-state index in [1.54, 1.807) is 0 Å². The number of hydrogen-bond acceptors (Lipinski definition) is 4. The van der Waals surface area contributed by atoms with Crippen molar-refractivity contribution in [1.82, 2.24) is 10.2 Å². The van der Waals surface area contributed by atoms with Gasteiger partial charge in [0.25, 0.3) is 5.91 Å². The number of ether oxygens (including phenoxy) is 1. The van der Waals surface area contributed by atoms with Gasteiger partial charge in [0.1, 0.15) is 12.1 Å². The Morgan fingerprint density at radius 1 is 1.21 bits per heavy atom. The molecule has 1 heterocycles. The van der Waals surface area contributed by atoms with E-state index >= 15 is 0 Å². The number of carbonyl (C=O) groups excluding carboxylic acids is 3. The van der Waals surface area contributed by atoms with Crippen molar-refractivity contribution in [1.29, 1.82) is 0 Å². The van der Waals surface area contributed by atoms with Crippen molar-refractivity contribution < 1.29 is 19.1 Å². The number of carbonyl (C=O) groups is 3. The highest BCUT2D eigenvalue weighted by molar-refractivity contribution is 6.40. The fourth-order valence-corrected chi connectivity index (χ4v) is 5.45. The van der Waals surface area contributed by atoms with Crippen molar-refractivity contribution in [2.24, 2.45) is 11.3 Å². The summed E-state index contributed by atoms with van der Waals surface area (Å²) in [5, 5.41) is 3.22. The second-order valence-corrected chi connectivity index (χ2v) is 9.68. The van der Waals surface area contributed by atoms with E-state index in [4.69, 9.17) is 39.5 Å². The molecule has 1 saturated carbocycles. The number of nitrogens with zero attached hydrogens (tertiary/aromatic N) is 1. The van der Waals surface area contributed by atoms with Gasteiger partial charge >= 0.3 is 12.0 Å². The topological polar surface area (TPSA) is 75.7 Å². The SMILES string of the molecule is CC1CC(C)(C)CC2(C1)NC(=O)N(CC(=O)Oc1c(Cl)cc(Cl)cc1Cl)C2=O. The molecular weight excluding hydrogens is 427 g/mol. The quantitative estimate of drug-likeness (QED) is 0.414. The predicted molar refractivity (Wildman–Crippen MR) is 107 cm³/mol. The molecule has 28 heavy (non-hydrogen) atoms. The molecule has 1 aromatic rings. The third-order valence-corrected chi connectivity index (χ3v) is 5.87. The summed E-state index contributed by atoms with van der Waals surface area (Å²) in [6.07, 6.45) is 2.03. The Hall–Kier alpha value is -1.50. The third kappa shape index (κ3) is 4.09. The van der Waals surface area contributed by atoms with Gasteiger partial charge in [0.05, 0.1) is 10.0 Å². The summed E-state index contributed by atoms with van der Waals surface area (Å²) < 4.78 is 5.19. The molecule has 1 aliphatic carbocycles. The van der Waals surface area contributed by atoms with Crippen LogP contribution in [-0.2, 0) is 9.59 Å². The first kappa shape index (κ1) is 21.2. The summed E-state index contributed by atoms with van der Waals surface area (Å²) in [6.45, 7) is 5.68. The van der Waals surface area contributed by atoms with E-state index in [0.29, 0.717) is 17.9 Å². The molecule has 0 radical (unpaired) electrons. The van der Waals surface area contributed by atoms with Crippen molar-refractivity contribution in [2.75, 3.05) is 6.54 Å². The van der Waals surface area contributed by atoms with E-state index in [0.717, 1.165) is 11.3 Å². The monoisotopic (exact) mass is 446 g/mol. The molecule has 1 aromatic carbocycles. The third-order valence-electron chi connectivity index (χ3n) is 5.09. The van der Waals surface area contributed by atoms with Gasteiger partial charge in [-0.3, -0.25) is 9.69 Å². The molecule has 0 bridgehead atoms. The Balaban J connectivity index is 1.75. The summed E-state index contributed by atoms with van der Waals surface area (Å²) in [5.41, 5.74) is -1.07. The molecule has 1 spiro atoms. The Labute approximate surface area is 178 Å². The summed E-state index contributed by atoms with van der Waals surface area (Å²) in [7, 11) is 0. The maximum atomic E-state index is 13.1. The largest absolute Gasteiger partial charge is 0.422 e. The summed E-state index contributed by atoms with van der Waals surface area (Å²) in [4.78, 5) is 38.8. The summed E-state index contributed by atoms with van der Waals surface area (Å²) in [5.74, 6) is -1.02. The highest BCUT2D eigenvalue weighted by atomic mass is 35.5. The van der Waals surface area contributed by atoms with Gasteiger partial charge < -0.3 is 10.1 Å². The normalized spacial score (nSPS) is 26.5. The minimum absolute atomic E-state index is 0.0578. The molecule has 152 valence electrons. The van der Waals surface area contributed by atoms with Crippen LogP contribution in [0.1, 0.15) is 40.0 Å². The zero-order valence-corrected chi connectivity index (χ0v) is 18.0. The minimum Gasteiger partial charge on any atom is -0.422 e. The van der Waals surface area contributed by atoms with Crippen LogP contribution < -0.4 is 10.1 Å². The molecule has 1 aliphatic heterocycles. The number of urea groups is 1. The van der Waals surface area contributed by atoms with Gasteiger partial charge in [-0.2, -0.15) is 0 Å². The Morgan fingerprint density at radius 2 is 1.82 bits per heavy atom. The lowest BCUT2D eigenvalue weighted by Crippen LogP contribution is -2.54. The number of amides is 3. The second kappa shape index (κ2) is 7.39. The van der Waals surface area contributed by atoms with E-state index in [2.05, 4.69) is 26.1 Å². The van der Waals surface area contributed by atoms with Crippen LogP contribution in [0.5, 0.6) is 5.75 Å². The molecule has 9 heteroatoms.